The van der Waals surface area contributed by atoms with E-state index in [-0.39, 0.29) is 22.0 Å². The number of piperidine rings is 1. The van der Waals surface area contributed by atoms with Gasteiger partial charge in [0.1, 0.15) is 5.82 Å². The predicted molar refractivity (Wildman–Crippen MR) is 102 cm³/mol. The number of alkyl halides is 3. The first-order valence-electron chi connectivity index (χ1n) is 9.23. The molecule has 0 aromatic heterocycles. The van der Waals surface area contributed by atoms with Gasteiger partial charge in [-0.2, -0.15) is 13.2 Å². The molecule has 10 heteroatoms. The second kappa shape index (κ2) is 8.69. The van der Waals surface area contributed by atoms with Gasteiger partial charge in [-0.3, -0.25) is 0 Å². The van der Waals surface area contributed by atoms with Crippen LogP contribution < -0.4 is 10.0 Å². The topological polar surface area (TPSA) is 78.4 Å². The lowest BCUT2D eigenvalue weighted by Crippen LogP contribution is -2.46. The molecule has 0 radical (unpaired) electrons. The first-order chi connectivity index (χ1) is 13.3. The number of halogens is 4. The molecule has 1 heterocycles. The first kappa shape index (κ1) is 23.8. The van der Waals surface area contributed by atoms with Crippen LogP contribution in [0.15, 0.2) is 18.2 Å². The van der Waals surface area contributed by atoms with E-state index in [0.717, 1.165) is 43.5 Å². The fourth-order valence-corrected chi connectivity index (χ4v) is 4.63. The summed E-state index contributed by atoms with van der Waals surface area (Å²) < 4.78 is 61.0. The number of hydrogen-bond acceptors (Lipinski definition) is 3. The van der Waals surface area contributed by atoms with Crippen molar-refractivity contribution in [3.63, 3.8) is 0 Å². The Morgan fingerprint density at radius 1 is 1.24 bits per heavy atom. The Balaban J connectivity index is 0.000000370. The molecule has 3 rings (SSSR count). The van der Waals surface area contributed by atoms with E-state index in [0.29, 0.717) is 0 Å². The minimum Gasteiger partial charge on any atom is -0.475 e. The van der Waals surface area contributed by atoms with Crippen LogP contribution in [0.25, 0.3) is 0 Å². The van der Waals surface area contributed by atoms with Gasteiger partial charge in [-0.15, -0.1) is 0 Å². The maximum Gasteiger partial charge on any atom is 0.490 e. The van der Waals surface area contributed by atoms with Gasteiger partial charge in [0.05, 0.1) is 21.8 Å². The molecule has 0 bridgehead atoms. The van der Waals surface area contributed by atoms with Crippen LogP contribution in [0.5, 0.6) is 0 Å². The summed E-state index contributed by atoms with van der Waals surface area (Å²) in [6.07, 6.45) is -2.15. The van der Waals surface area contributed by atoms with Crippen molar-refractivity contribution in [2.45, 2.75) is 57.0 Å². The summed E-state index contributed by atoms with van der Waals surface area (Å²) in [5.41, 5.74) is 2.26. The summed E-state index contributed by atoms with van der Waals surface area (Å²) in [6, 6.07) is 5.10. The highest BCUT2D eigenvalue weighted by atomic mass is 32.2. The summed E-state index contributed by atoms with van der Waals surface area (Å²) in [4.78, 5) is 8.90. The lowest BCUT2D eigenvalue weighted by molar-refractivity contribution is -0.192. The Morgan fingerprint density at radius 2 is 1.79 bits per heavy atom. The highest BCUT2D eigenvalue weighted by Crippen LogP contribution is 2.51. The zero-order valence-electron chi connectivity index (χ0n) is 16.5. The molecular weight excluding hydrogens is 412 g/mol. The minimum atomic E-state index is -5.08. The molecule has 0 amide bonds. The van der Waals surface area contributed by atoms with Crippen LogP contribution in [0, 0.1) is 11.2 Å². The number of benzene rings is 1. The standard InChI is InChI=1S/C17H25FN2OS.C2HF3O2/c1-16(2,3)22(21)20-15-14-5-4-13(18)10-12(14)11-17(15)6-8-19-9-7-17;3-2(4,5)1(6)7/h4-5,10,15,19-20H,6-9,11H2,1-3H3;(H,6,7)/t15-,22?;/m1./s1. The van der Waals surface area contributed by atoms with Crippen molar-refractivity contribution in [1.82, 2.24) is 10.0 Å². The van der Waals surface area contributed by atoms with Crippen LogP contribution in [0.3, 0.4) is 0 Å². The number of carboxylic acids is 1. The second-order valence-corrected chi connectivity index (χ2v) is 10.4. The molecule has 2 atom stereocenters. The Labute approximate surface area is 169 Å². The van der Waals surface area contributed by atoms with Gasteiger partial charge in [0.2, 0.25) is 0 Å². The largest absolute Gasteiger partial charge is 0.490 e. The molecule has 1 aliphatic heterocycles. The molecule has 3 N–H and O–H groups in total. The van der Waals surface area contributed by atoms with Gasteiger partial charge in [-0.25, -0.2) is 18.1 Å². The summed E-state index contributed by atoms with van der Waals surface area (Å²) in [7, 11) is -1.13. The van der Waals surface area contributed by atoms with Crippen molar-refractivity contribution in [3.05, 3.63) is 35.1 Å². The van der Waals surface area contributed by atoms with E-state index in [1.807, 2.05) is 26.8 Å². The molecule has 29 heavy (non-hydrogen) atoms. The smallest absolute Gasteiger partial charge is 0.475 e. The van der Waals surface area contributed by atoms with Gasteiger partial charge in [-0.05, 0) is 81.8 Å². The van der Waals surface area contributed by atoms with E-state index < -0.39 is 23.1 Å². The Hall–Kier alpha value is -1.52. The highest BCUT2D eigenvalue weighted by molar-refractivity contribution is 7.84. The van der Waals surface area contributed by atoms with E-state index in [1.54, 1.807) is 6.07 Å². The number of carboxylic acid groups (broad SMARTS) is 1. The highest BCUT2D eigenvalue weighted by Gasteiger charge is 2.47. The number of rotatable bonds is 2. The maximum absolute atomic E-state index is 13.6. The van der Waals surface area contributed by atoms with Gasteiger partial charge >= 0.3 is 12.1 Å². The molecule has 1 aromatic rings. The molecule has 1 fully saturated rings. The third-order valence-corrected chi connectivity index (χ3v) is 6.76. The number of nitrogens with one attached hydrogen (secondary N) is 2. The fourth-order valence-electron chi connectivity index (χ4n) is 3.68. The molecule has 1 aromatic carbocycles. The van der Waals surface area contributed by atoms with E-state index >= 15 is 0 Å². The SMILES string of the molecule is CC(C)(C)S(=O)N[C@@H]1c2ccc(F)cc2CC12CCNCC2.O=C(O)C(F)(F)F. The molecule has 5 nitrogen and oxygen atoms in total. The van der Waals surface area contributed by atoms with E-state index in [4.69, 9.17) is 9.90 Å². The van der Waals surface area contributed by atoms with Crippen LogP contribution in [-0.4, -0.2) is 39.3 Å². The van der Waals surface area contributed by atoms with E-state index in [1.165, 1.54) is 6.07 Å². The quantitative estimate of drug-likeness (QED) is 0.618. The van der Waals surface area contributed by atoms with Gasteiger partial charge in [0.25, 0.3) is 0 Å². The van der Waals surface area contributed by atoms with Crippen molar-refractivity contribution >= 4 is 17.0 Å². The monoisotopic (exact) mass is 438 g/mol. The number of aliphatic carboxylic acids is 1. The van der Waals surface area contributed by atoms with Gasteiger partial charge in [0, 0.05) is 0 Å². The second-order valence-electron chi connectivity index (χ2n) is 8.37. The molecule has 0 saturated carbocycles. The first-order valence-corrected chi connectivity index (χ1v) is 10.4. The molecule has 164 valence electrons. The van der Waals surface area contributed by atoms with Gasteiger partial charge in [-0.1, -0.05) is 6.07 Å². The zero-order chi connectivity index (χ0) is 22.0. The Bertz CT molecular complexity index is 772. The van der Waals surface area contributed by atoms with Crippen LogP contribution in [0.4, 0.5) is 17.6 Å². The maximum atomic E-state index is 13.6. The minimum absolute atomic E-state index is 0.0465. The Kier molecular flexibility index (Phi) is 7.12. The number of hydrogen-bond donors (Lipinski definition) is 3. The van der Waals surface area contributed by atoms with Crippen LogP contribution in [-0.2, 0) is 22.2 Å². The summed E-state index contributed by atoms with van der Waals surface area (Å²) in [5.74, 6) is -2.94. The molecule has 2 aliphatic rings. The van der Waals surface area contributed by atoms with Crippen LogP contribution >= 0.6 is 0 Å². The normalized spacial score (nSPS) is 21.8. The van der Waals surface area contributed by atoms with E-state index in [2.05, 4.69) is 10.0 Å². The predicted octanol–water partition coefficient (Wildman–Crippen LogP) is 3.48. The number of carbonyl (C=O) groups is 1. The average Bonchev–Trinajstić information content (AvgIpc) is 2.86. The summed E-state index contributed by atoms with van der Waals surface area (Å²) >= 11 is 0. The molecule has 1 saturated heterocycles. The molecule has 1 unspecified atom stereocenters. The van der Waals surface area contributed by atoms with Crippen molar-refractivity contribution in [3.8, 4) is 0 Å². The lowest BCUT2D eigenvalue weighted by Gasteiger charge is -2.40. The van der Waals surface area contributed by atoms with Gasteiger partial charge < -0.3 is 10.4 Å². The van der Waals surface area contributed by atoms with Crippen molar-refractivity contribution in [2.75, 3.05) is 13.1 Å². The van der Waals surface area contributed by atoms with Crippen molar-refractivity contribution < 1.29 is 31.7 Å². The van der Waals surface area contributed by atoms with Crippen LogP contribution in [0.2, 0.25) is 0 Å². The third kappa shape index (κ3) is 5.76. The Morgan fingerprint density at radius 3 is 2.28 bits per heavy atom. The molecular formula is C19H26F4N2O3S. The molecule has 1 spiro atoms. The number of fused-ring (bicyclic) bond motifs is 1. The fraction of sp³-hybridized carbons (Fsp3) is 0.632. The summed E-state index contributed by atoms with van der Waals surface area (Å²) in [6.45, 7) is 7.87. The van der Waals surface area contributed by atoms with E-state index in [9.17, 15) is 21.8 Å². The zero-order valence-corrected chi connectivity index (χ0v) is 17.3. The van der Waals surface area contributed by atoms with Gasteiger partial charge in [0.15, 0.2) is 0 Å². The summed E-state index contributed by atoms with van der Waals surface area (Å²) in [5, 5.41) is 10.5. The van der Waals surface area contributed by atoms with Crippen molar-refractivity contribution in [2.24, 2.45) is 5.41 Å². The average molecular weight is 438 g/mol. The third-order valence-electron chi connectivity index (χ3n) is 5.19. The van der Waals surface area contributed by atoms with Crippen molar-refractivity contribution in [1.29, 1.82) is 0 Å². The lowest BCUT2D eigenvalue weighted by atomic mass is 9.73. The van der Waals surface area contributed by atoms with Crippen LogP contribution in [0.1, 0.15) is 50.8 Å². The molecule has 1 aliphatic carbocycles.